The van der Waals surface area contributed by atoms with Gasteiger partial charge >= 0.3 is 5.97 Å². The molecule has 29 heavy (non-hydrogen) atoms. The number of carbonyl (C=O) groups is 1. The Bertz CT molecular complexity index is 890. The molecule has 1 aromatic heterocycles. The van der Waals surface area contributed by atoms with E-state index in [9.17, 15) is 4.79 Å². The van der Waals surface area contributed by atoms with Crippen LogP contribution < -0.4 is 10.1 Å². The molecule has 0 saturated carbocycles. The van der Waals surface area contributed by atoms with Crippen molar-refractivity contribution >= 4 is 23.4 Å². The van der Waals surface area contributed by atoms with Gasteiger partial charge in [0.25, 0.3) is 0 Å². The molecule has 0 aliphatic carbocycles. The van der Waals surface area contributed by atoms with Crippen LogP contribution >= 0.6 is 11.6 Å². The van der Waals surface area contributed by atoms with Gasteiger partial charge in [0.2, 0.25) is 0 Å². The first-order chi connectivity index (χ1) is 14.0. The summed E-state index contributed by atoms with van der Waals surface area (Å²) in [6.45, 7) is 6.26. The van der Waals surface area contributed by atoms with Crippen LogP contribution in [-0.2, 0) is 27.1 Å². The maximum atomic E-state index is 11.3. The van der Waals surface area contributed by atoms with Crippen LogP contribution in [-0.4, -0.2) is 48.4 Å². The lowest BCUT2D eigenvalue weighted by Crippen LogP contribution is -2.36. The molecule has 0 bridgehead atoms. The van der Waals surface area contributed by atoms with E-state index in [1.54, 1.807) is 13.2 Å². The minimum atomic E-state index is -0.347. The molecule has 0 spiro atoms. The molecule has 1 aliphatic heterocycles. The number of hydrogen-bond acceptors (Lipinski definition) is 7. The van der Waals surface area contributed by atoms with E-state index in [0.29, 0.717) is 42.6 Å². The van der Waals surface area contributed by atoms with Crippen molar-refractivity contribution in [1.29, 1.82) is 0 Å². The molecule has 1 fully saturated rings. The molecule has 3 rings (SSSR count). The maximum absolute atomic E-state index is 11.3. The van der Waals surface area contributed by atoms with E-state index < -0.39 is 0 Å². The van der Waals surface area contributed by atoms with Crippen LogP contribution in [0.3, 0.4) is 0 Å². The highest BCUT2D eigenvalue weighted by Gasteiger charge is 2.32. The van der Waals surface area contributed by atoms with E-state index in [4.69, 9.17) is 35.8 Å². The number of benzene rings is 1. The van der Waals surface area contributed by atoms with E-state index >= 15 is 0 Å². The Morgan fingerprint density at radius 2 is 2.00 bits per heavy atom. The van der Waals surface area contributed by atoms with Crippen molar-refractivity contribution in [2.24, 2.45) is 0 Å². The van der Waals surface area contributed by atoms with E-state index in [1.165, 1.54) is 6.92 Å². The Kier molecular flexibility index (Phi) is 6.92. The van der Waals surface area contributed by atoms with Gasteiger partial charge in [-0.05, 0) is 31.0 Å². The molecule has 1 aromatic carbocycles. The molecule has 1 aliphatic rings. The lowest BCUT2D eigenvalue weighted by atomic mass is 10.1. The second-order valence-electron chi connectivity index (χ2n) is 6.80. The zero-order valence-electron chi connectivity index (χ0n) is 17.1. The van der Waals surface area contributed by atoms with E-state index in [1.807, 2.05) is 26.0 Å². The SMILES string of the molecule is CCc1nc(-c2ccc(OC)cc2Cl)c(CC)nc1N[C@@H]1COC[C@@H]1OC(C)=O. The van der Waals surface area contributed by atoms with Gasteiger partial charge in [0, 0.05) is 12.5 Å². The number of esters is 1. The number of nitrogens with zero attached hydrogens (tertiary/aromatic N) is 2. The average Bonchev–Trinajstić information content (AvgIpc) is 3.13. The van der Waals surface area contributed by atoms with Crippen molar-refractivity contribution in [3.05, 3.63) is 34.6 Å². The second-order valence-corrected chi connectivity index (χ2v) is 7.21. The Labute approximate surface area is 175 Å². The third kappa shape index (κ3) is 4.79. The van der Waals surface area contributed by atoms with E-state index in [-0.39, 0.29) is 18.1 Å². The number of rotatable bonds is 7. The molecule has 7 nitrogen and oxygen atoms in total. The zero-order chi connectivity index (χ0) is 21.0. The lowest BCUT2D eigenvalue weighted by Gasteiger charge is -2.22. The van der Waals surface area contributed by atoms with Gasteiger partial charge in [0.15, 0.2) is 0 Å². The van der Waals surface area contributed by atoms with Crippen LogP contribution in [0.2, 0.25) is 5.02 Å². The predicted molar refractivity (Wildman–Crippen MR) is 112 cm³/mol. The summed E-state index contributed by atoms with van der Waals surface area (Å²) in [5.41, 5.74) is 3.24. The summed E-state index contributed by atoms with van der Waals surface area (Å²) in [6, 6.07) is 5.37. The minimum Gasteiger partial charge on any atom is -0.497 e. The van der Waals surface area contributed by atoms with Crippen molar-refractivity contribution in [3.8, 4) is 17.0 Å². The molecule has 2 aromatic rings. The fourth-order valence-electron chi connectivity index (χ4n) is 3.32. The fourth-order valence-corrected chi connectivity index (χ4v) is 3.58. The van der Waals surface area contributed by atoms with Gasteiger partial charge in [-0.15, -0.1) is 0 Å². The van der Waals surface area contributed by atoms with Crippen LogP contribution in [0.1, 0.15) is 32.2 Å². The highest BCUT2D eigenvalue weighted by atomic mass is 35.5. The quantitative estimate of drug-likeness (QED) is 0.685. The highest BCUT2D eigenvalue weighted by molar-refractivity contribution is 6.33. The van der Waals surface area contributed by atoms with E-state index in [2.05, 4.69) is 5.32 Å². The van der Waals surface area contributed by atoms with Crippen molar-refractivity contribution < 1.29 is 19.0 Å². The molecule has 0 radical (unpaired) electrons. The first-order valence-electron chi connectivity index (χ1n) is 9.71. The van der Waals surface area contributed by atoms with Crippen molar-refractivity contribution in [1.82, 2.24) is 9.97 Å². The molecule has 0 unspecified atom stereocenters. The fraction of sp³-hybridized carbons (Fsp3) is 0.476. The van der Waals surface area contributed by atoms with E-state index in [0.717, 1.165) is 22.6 Å². The summed E-state index contributed by atoms with van der Waals surface area (Å²) in [5.74, 6) is 1.05. The lowest BCUT2D eigenvalue weighted by molar-refractivity contribution is -0.146. The van der Waals surface area contributed by atoms with Gasteiger partial charge in [-0.1, -0.05) is 25.4 Å². The summed E-state index contributed by atoms with van der Waals surface area (Å²) in [5, 5.41) is 3.94. The van der Waals surface area contributed by atoms with Gasteiger partial charge in [0.1, 0.15) is 17.7 Å². The third-order valence-electron chi connectivity index (χ3n) is 4.81. The molecule has 0 amide bonds. The molecule has 1 saturated heterocycles. The van der Waals surface area contributed by atoms with Gasteiger partial charge < -0.3 is 19.5 Å². The summed E-state index contributed by atoms with van der Waals surface area (Å²) < 4.78 is 16.1. The monoisotopic (exact) mass is 419 g/mol. The molecule has 1 N–H and O–H groups in total. The van der Waals surface area contributed by atoms with Crippen molar-refractivity contribution in [2.45, 2.75) is 45.8 Å². The number of ether oxygens (including phenoxy) is 3. The summed E-state index contributed by atoms with van der Waals surface area (Å²) in [4.78, 5) is 21.1. The van der Waals surface area contributed by atoms with Crippen LogP contribution in [0.15, 0.2) is 18.2 Å². The molecule has 8 heteroatoms. The summed E-state index contributed by atoms with van der Waals surface area (Å²) in [7, 11) is 1.61. The number of aromatic nitrogens is 2. The first-order valence-corrected chi connectivity index (χ1v) is 10.1. The average molecular weight is 420 g/mol. The number of hydrogen-bond donors (Lipinski definition) is 1. The van der Waals surface area contributed by atoms with Crippen LogP contribution in [0, 0.1) is 0 Å². The van der Waals surface area contributed by atoms with Crippen LogP contribution in [0.25, 0.3) is 11.3 Å². The Morgan fingerprint density at radius 3 is 2.62 bits per heavy atom. The second kappa shape index (κ2) is 9.41. The number of methoxy groups -OCH3 is 1. The topological polar surface area (TPSA) is 82.6 Å². The van der Waals surface area contributed by atoms with Gasteiger partial charge in [-0.3, -0.25) is 4.79 Å². The molecular formula is C21H26ClN3O4. The standard InChI is InChI=1S/C21H26ClN3O4/c1-5-16-20(14-8-7-13(27-4)9-15(14)22)23-17(6-2)21(24-16)25-18-10-28-11-19(18)29-12(3)26/h7-9,18-19H,5-6,10-11H2,1-4H3,(H,24,25)/t18-,19+/m1/s1. The Morgan fingerprint density at radius 1 is 1.24 bits per heavy atom. The molecular weight excluding hydrogens is 394 g/mol. The summed E-state index contributed by atoms with van der Waals surface area (Å²) in [6.07, 6.45) is 1.03. The summed E-state index contributed by atoms with van der Waals surface area (Å²) >= 11 is 6.48. The molecule has 2 atom stereocenters. The molecule has 2 heterocycles. The number of nitrogens with one attached hydrogen (secondary N) is 1. The highest BCUT2D eigenvalue weighted by Crippen LogP contribution is 2.33. The molecule has 156 valence electrons. The predicted octanol–water partition coefficient (Wildman–Crippen LogP) is 3.67. The van der Waals surface area contributed by atoms with Crippen molar-refractivity contribution in [2.75, 3.05) is 25.6 Å². The number of carbonyl (C=O) groups excluding carboxylic acids is 1. The minimum absolute atomic E-state index is 0.168. The number of aryl methyl sites for hydroxylation is 2. The Balaban J connectivity index is 1.95. The normalized spacial score (nSPS) is 18.5. The smallest absolute Gasteiger partial charge is 0.303 e. The van der Waals surface area contributed by atoms with Gasteiger partial charge in [0.05, 0.1) is 48.5 Å². The Hall–Kier alpha value is -2.38. The van der Waals surface area contributed by atoms with Gasteiger partial charge in [-0.2, -0.15) is 0 Å². The van der Waals surface area contributed by atoms with Gasteiger partial charge in [-0.25, -0.2) is 9.97 Å². The number of halogens is 1. The third-order valence-corrected chi connectivity index (χ3v) is 5.12. The zero-order valence-corrected chi connectivity index (χ0v) is 17.9. The largest absolute Gasteiger partial charge is 0.497 e. The van der Waals surface area contributed by atoms with Crippen LogP contribution in [0.5, 0.6) is 5.75 Å². The van der Waals surface area contributed by atoms with Crippen molar-refractivity contribution in [3.63, 3.8) is 0 Å². The van der Waals surface area contributed by atoms with Crippen LogP contribution in [0.4, 0.5) is 5.82 Å². The first kappa shape index (κ1) is 21.3. The maximum Gasteiger partial charge on any atom is 0.303 e. The number of anilines is 1.